The molecule has 0 fully saturated rings. The van der Waals surface area contributed by atoms with Crippen molar-refractivity contribution in [1.29, 1.82) is 0 Å². The van der Waals surface area contributed by atoms with Crippen LogP contribution in [0, 0.1) is 11.8 Å². The molecule has 0 aliphatic carbocycles. The van der Waals surface area contributed by atoms with Crippen LogP contribution in [0.5, 0.6) is 0 Å². The van der Waals surface area contributed by atoms with Crippen molar-refractivity contribution in [2.75, 3.05) is 4.43 Å². The first-order chi connectivity index (χ1) is 10.2. The van der Waals surface area contributed by atoms with Crippen LogP contribution in [0.4, 0.5) is 0 Å². The van der Waals surface area contributed by atoms with Gasteiger partial charge >= 0.3 is 0 Å². The van der Waals surface area contributed by atoms with Gasteiger partial charge in [0, 0.05) is 4.43 Å². The van der Waals surface area contributed by atoms with Crippen LogP contribution < -0.4 is 0 Å². The Bertz CT molecular complexity index is 352. The van der Waals surface area contributed by atoms with E-state index in [1.807, 2.05) is 0 Å². The molecule has 120 valence electrons. The average Bonchev–Trinajstić information content (AvgIpc) is 2.53. The lowest BCUT2D eigenvalue weighted by molar-refractivity contribution is 0.0616. The van der Waals surface area contributed by atoms with E-state index in [-0.39, 0.29) is 6.10 Å². The minimum atomic E-state index is -0.173. The van der Waals surface area contributed by atoms with Crippen molar-refractivity contribution in [2.45, 2.75) is 64.9 Å². The predicted molar refractivity (Wildman–Crippen MR) is 101 cm³/mol. The van der Waals surface area contributed by atoms with Gasteiger partial charge in [0.1, 0.15) is 0 Å². The zero-order valence-corrected chi connectivity index (χ0v) is 15.8. The number of aliphatic hydroxyl groups excluding tert-OH is 1. The Hall–Kier alpha value is -0.0900. The number of hydrogen-bond donors (Lipinski definition) is 1. The number of aliphatic hydroxyl groups is 1. The Morgan fingerprint density at radius 2 is 1.71 bits per heavy atom. The summed E-state index contributed by atoms with van der Waals surface area (Å²) in [5.74, 6) is 0.786. The van der Waals surface area contributed by atoms with Gasteiger partial charge in [-0.05, 0) is 30.2 Å². The summed E-state index contributed by atoms with van der Waals surface area (Å²) < 4.78 is 1.03. The number of rotatable bonds is 11. The molecule has 0 aromatic heterocycles. The van der Waals surface area contributed by atoms with Crippen molar-refractivity contribution in [3.05, 3.63) is 35.9 Å². The zero-order chi connectivity index (χ0) is 15.5. The fourth-order valence-electron chi connectivity index (χ4n) is 2.88. The maximum Gasteiger partial charge on any atom is 0.0604 e. The number of alkyl halides is 1. The molecule has 1 rings (SSSR count). The third-order valence-electron chi connectivity index (χ3n) is 4.33. The summed E-state index contributed by atoms with van der Waals surface area (Å²) in [4.78, 5) is 0. The Morgan fingerprint density at radius 3 is 2.33 bits per heavy atom. The molecule has 0 aliphatic heterocycles. The lowest BCUT2D eigenvalue weighted by Gasteiger charge is -2.27. The third-order valence-corrected chi connectivity index (χ3v) is 5.72. The molecule has 0 amide bonds. The highest BCUT2D eigenvalue weighted by Crippen LogP contribution is 2.25. The van der Waals surface area contributed by atoms with E-state index < -0.39 is 0 Å². The standard InChI is InChI=1S/C19H31IO/c1-3-4-5-6-10-13-18(19(21)16(2)15-20)14-17-11-8-7-9-12-17/h7-9,11-12,16,18-19,21H,3-6,10,13-15H2,1-2H3. The number of halogens is 1. The minimum Gasteiger partial charge on any atom is -0.393 e. The van der Waals surface area contributed by atoms with Gasteiger partial charge in [-0.15, -0.1) is 0 Å². The molecule has 0 saturated carbocycles. The van der Waals surface area contributed by atoms with Crippen LogP contribution in [-0.2, 0) is 6.42 Å². The normalized spacial score (nSPS) is 15.6. The molecular weight excluding hydrogens is 371 g/mol. The van der Waals surface area contributed by atoms with Gasteiger partial charge in [0.25, 0.3) is 0 Å². The van der Waals surface area contributed by atoms with E-state index in [1.54, 1.807) is 0 Å². The quantitative estimate of drug-likeness (QED) is 0.289. The van der Waals surface area contributed by atoms with Crippen LogP contribution in [0.25, 0.3) is 0 Å². The van der Waals surface area contributed by atoms with Crippen LogP contribution in [0.15, 0.2) is 30.3 Å². The highest BCUT2D eigenvalue weighted by atomic mass is 127. The molecule has 0 radical (unpaired) electrons. The van der Waals surface area contributed by atoms with Crippen molar-refractivity contribution in [3.8, 4) is 0 Å². The number of hydrogen-bond acceptors (Lipinski definition) is 1. The predicted octanol–water partition coefficient (Wildman–Crippen LogP) is 5.64. The van der Waals surface area contributed by atoms with E-state index in [0.29, 0.717) is 11.8 Å². The second kappa shape index (κ2) is 11.5. The van der Waals surface area contributed by atoms with Gasteiger partial charge < -0.3 is 5.11 Å². The van der Waals surface area contributed by atoms with Crippen molar-refractivity contribution in [1.82, 2.24) is 0 Å². The SMILES string of the molecule is CCCCCCCC(Cc1ccccc1)C(O)C(C)CI. The lowest BCUT2D eigenvalue weighted by atomic mass is 9.84. The summed E-state index contributed by atoms with van der Waals surface area (Å²) >= 11 is 2.39. The largest absolute Gasteiger partial charge is 0.393 e. The molecule has 2 heteroatoms. The average molecular weight is 402 g/mol. The summed E-state index contributed by atoms with van der Waals surface area (Å²) in [6, 6.07) is 10.6. The van der Waals surface area contributed by atoms with Crippen LogP contribution in [0.1, 0.15) is 57.9 Å². The summed E-state index contributed by atoms with van der Waals surface area (Å²) in [5, 5.41) is 10.6. The first kappa shape index (κ1) is 19.0. The molecule has 0 spiro atoms. The van der Waals surface area contributed by atoms with E-state index in [4.69, 9.17) is 0 Å². The lowest BCUT2D eigenvalue weighted by Crippen LogP contribution is -2.30. The summed E-state index contributed by atoms with van der Waals surface area (Å²) in [6.45, 7) is 4.43. The van der Waals surface area contributed by atoms with E-state index >= 15 is 0 Å². The van der Waals surface area contributed by atoms with E-state index in [2.05, 4.69) is 66.8 Å². The molecule has 0 saturated heterocycles. The topological polar surface area (TPSA) is 20.2 Å². The summed E-state index contributed by atoms with van der Waals surface area (Å²) in [6.07, 6.45) is 8.53. The van der Waals surface area contributed by atoms with Crippen LogP contribution in [-0.4, -0.2) is 15.6 Å². The fraction of sp³-hybridized carbons (Fsp3) is 0.684. The second-order valence-corrected chi connectivity index (χ2v) is 7.16. The Morgan fingerprint density at radius 1 is 1.05 bits per heavy atom. The molecular formula is C19H31IO. The van der Waals surface area contributed by atoms with E-state index in [9.17, 15) is 5.11 Å². The highest BCUT2D eigenvalue weighted by molar-refractivity contribution is 14.1. The van der Waals surface area contributed by atoms with Gasteiger partial charge in [0.05, 0.1) is 6.10 Å². The van der Waals surface area contributed by atoms with Crippen LogP contribution in [0.3, 0.4) is 0 Å². The fourth-order valence-corrected chi connectivity index (χ4v) is 3.40. The van der Waals surface area contributed by atoms with Gasteiger partial charge in [-0.1, -0.05) is 98.9 Å². The number of unbranched alkanes of at least 4 members (excludes halogenated alkanes) is 4. The molecule has 1 nitrogen and oxygen atoms in total. The number of benzene rings is 1. The Balaban J connectivity index is 2.53. The Kier molecular flexibility index (Phi) is 10.4. The smallest absolute Gasteiger partial charge is 0.0604 e. The summed E-state index contributed by atoms with van der Waals surface area (Å²) in [5.41, 5.74) is 1.36. The van der Waals surface area contributed by atoms with Gasteiger partial charge in [-0.3, -0.25) is 0 Å². The van der Waals surface area contributed by atoms with Gasteiger partial charge in [0.15, 0.2) is 0 Å². The minimum absolute atomic E-state index is 0.173. The molecule has 21 heavy (non-hydrogen) atoms. The molecule has 0 bridgehead atoms. The molecule has 3 atom stereocenters. The van der Waals surface area contributed by atoms with Crippen LogP contribution in [0.2, 0.25) is 0 Å². The van der Waals surface area contributed by atoms with Crippen molar-refractivity contribution in [2.24, 2.45) is 11.8 Å². The maximum absolute atomic E-state index is 10.6. The van der Waals surface area contributed by atoms with Crippen molar-refractivity contribution >= 4 is 22.6 Å². The summed E-state index contributed by atoms with van der Waals surface area (Å²) in [7, 11) is 0. The first-order valence-electron chi connectivity index (χ1n) is 8.47. The molecule has 0 aliphatic rings. The van der Waals surface area contributed by atoms with E-state index in [1.165, 1.54) is 37.7 Å². The molecule has 1 N–H and O–H groups in total. The molecule has 1 aromatic carbocycles. The van der Waals surface area contributed by atoms with Crippen molar-refractivity contribution in [3.63, 3.8) is 0 Å². The third kappa shape index (κ3) is 7.64. The van der Waals surface area contributed by atoms with E-state index in [0.717, 1.165) is 17.3 Å². The Labute approximate surface area is 144 Å². The highest BCUT2D eigenvalue weighted by Gasteiger charge is 2.24. The molecule has 0 heterocycles. The van der Waals surface area contributed by atoms with Gasteiger partial charge in [-0.25, -0.2) is 0 Å². The molecule has 3 unspecified atom stereocenters. The zero-order valence-electron chi connectivity index (χ0n) is 13.6. The maximum atomic E-state index is 10.6. The van der Waals surface area contributed by atoms with Gasteiger partial charge in [-0.2, -0.15) is 0 Å². The van der Waals surface area contributed by atoms with Crippen molar-refractivity contribution < 1.29 is 5.11 Å². The monoisotopic (exact) mass is 402 g/mol. The first-order valence-corrected chi connectivity index (χ1v) is 9.99. The van der Waals surface area contributed by atoms with Gasteiger partial charge in [0.2, 0.25) is 0 Å². The molecule has 1 aromatic rings. The second-order valence-electron chi connectivity index (χ2n) is 6.27. The van der Waals surface area contributed by atoms with Crippen LogP contribution >= 0.6 is 22.6 Å².